The molecule has 0 N–H and O–H groups in total. The zero-order valence-corrected chi connectivity index (χ0v) is 11.2. The van der Waals surface area contributed by atoms with Gasteiger partial charge in [-0.05, 0) is 18.1 Å². The van der Waals surface area contributed by atoms with Crippen LogP contribution in [0.15, 0.2) is 11.8 Å². The molecule has 0 fully saturated rings. The second-order valence-corrected chi connectivity index (χ2v) is 10.2. The molecule has 0 spiro atoms. The molecule has 15 heavy (non-hydrogen) atoms. The number of carbonyl (C=O) groups is 1. The van der Waals surface area contributed by atoms with Gasteiger partial charge in [-0.25, -0.2) is 0 Å². The third-order valence-electron chi connectivity index (χ3n) is 3.10. The second-order valence-electron chi connectivity index (χ2n) is 5.41. The Hall–Kier alpha value is -0.613. The molecule has 0 radical (unpaired) electrons. The Kier molecular flexibility index (Phi) is 3.40. The Labute approximate surface area is 92.6 Å². The maximum Gasteiger partial charge on any atom is 0.196 e. The fourth-order valence-electron chi connectivity index (χ4n) is 0.978. The summed E-state index contributed by atoms with van der Waals surface area (Å²) in [5, 5.41) is 0.191. The molecular weight excluding hydrogens is 208 g/mol. The summed E-state index contributed by atoms with van der Waals surface area (Å²) in [6.07, 6.45) is 1.53. The minimum Gasteiger partial charge on any atom is -0.487 e. The molecule has 0 saturated heterocycles. The first kappa shape index (κ1) is 12.5. The van der Waals surface area contributed by atoms with Crippen LogP contribution >= 0.6 is 0 Å². The van der Waals surface area contributed by atoms with Crippen molar-refractivity contribution in [1.82, 2.24) is 0 Å². The number of ketones is 1. The third kappa shape index (κ3) is 3.17. The maximum atomic E-state index is 10.9. The molecule has 86 valence electrons. The molecular formula is C11H20O3Si. The summed E-state index contributed by atoms with van der Waals surface area (Å²) in [5.74, 6) is 0.702. The van der Waals surface area contributed by atoms with E-state index in [9.17, 15) is 4.79 Å². The first-order chi connectivity index (χ1) is 6.72. The largest absolute Gasteiger partial charge is 0.487 e. The predicted octanol–water partition coefficient (Wildman–Crippen LogP) is 2.49. The van der Waals surface area contributed by atoms with E-state index < -0.39 is 8.32 Å². The van der Waals surface area contributed by atoms with Gasteiger partial charge in [-0.15, -0.1) is 0 Å². The smallest absolute Gasteiger partial charge is 0.196 e. The monoisotopic (exact) mass is 228 g/mol. The summed E-state index contributed by atoms with van der Waals surface area (Å²) in [5.41, 5.74) is 0. The van der Waals surface area contributed by atoms with E-state index in [1.807, 2.05) is 0 Å². The van der Waals surface area contributed by atoms with Gasteiger partial charge >= 0.3 is 0 Å². The van der Waals surface area contributed by atoms with Crippen molar-refractivity contribution in [2.75, 3.05) is 13.2 Å². The Morgan fingerprint density at radius 3 is 2.47 bits per heavy atom. The molecule has 0 aromatic carbocycles. The quantitative estimate of drug-likeness (QED) is 0.696. The highest BCUT2D eigenvalue weighted by Gasteiger charge is 2.37. The lowest BCUT2D eigenvalue weighted by Gasteiger charge is -2.36. The van der Waals surface area contributed by atoms with Gasteiger partial charge in [0.25, 0.3) is 0 Å². The number of hydrogen-bond donors (Lipinski definition) is 0. The second kappa shape index (κ2) is 4.10. The molecule has 0 amide bonds. The van der Waals surface area contributed by atoms with E-state index in [4.69, 9.17) is 9.16 Å². The highest BCUT2D eigenvalue weighted by Crippen LogP contribution is 2.36. The van der Waals surface area contributed by atoms with Gasteiger partial charge < -0.3 is 9.16 Å². The first-order valence-electron chi connectivity index (χ1n) is 5.22. The van der Waals surface area contributed by atoms with E-state index in [1.54, 1.807) is 0 Å². The van der Waals surface area contributed by atoms with Crippen molar-refractivity contribution in [2.45, 2.75) is 38.9 Å². The fraction of sp³-hybridized carbons (Fsp3) is 0.727. The highest BCUT2D eigenvalue weighted by molar-refractivity contribution is 6.74. The molecule has 0 unspecified atom stereocenters. The summed E-state index contributed by atoms with van der Waals surface area (Å²) < 4.78 is 11.1. The highest BCUT2D eigenvalue weighted by atomic mass is 28.4. The molecule has 0 aromatic rings. The minimum atomic E-state index is -1.73. The van der Waals surface area contributed by atoms with Gasteiger partial charge in [-0.3, -0.25) is 4.79 Å². The lowest BCUT2D eigenvalue weighted by Crippen LogP contribution is -2.41. The summed E-state index contributed by atoms with van der Waals surface area (Å²) in [7, 11) is -1.73. The Morgan fingerprint density at radius 1 is 1.47 bits per heavy atom. The van der Waals surface area contributed by atoms with Gasteiger partial charge in [0.05, 0.1) is 6.61 Å². The molecule has 1 heterocycles. The van der Waals surface area contributed by atoms with Crippen molar-refractivity contribution in [3.63, 3.8) is 0 Å². The number of carbonyl (C=O) groups excluding carboxylic acids is 1. The lowest BCUT2D eigenvalue weighted by atomic mass is 10.2. The summed E-state index contributed by atoms with van der Waals surface area (Å²) in [4.78, 5) is 10.9. The van der Waals surface area contributed by atoms with Gasteiger partial charge in [-0.2, -0.15) is 0 Å². The zero-order chi connectivity index (χ0) is 11.7. The minimum absolute atomic E-state index is 0.0313. The van der Waals surface area contributed by atoms with Crippen LogP contribution < -0.4 is 0 Å². The van der Waals surface area contributed by atoms with Crippen molar-refractivity contribution < 1.29 is 14.0 Å². The average Bonchev–Trinajstić information content (AvgIpc) is 2.46. The number of ether oxygens (including phenoxy) is 1. The maximum absolute atomic E-state index is 10.9. The van der Waals surface area contributed by atoms with Gasteiger partial charge in [-0.1, -0.05) is 20.8 Å². The molecule has 0 atom stereocenters. The Bertz CT molecular complexity index is 287. The number of rotatable bonds is 3. The van der Waals surface area contributed by atoms with Crippen LogP contribution in [0.25, 0.3) is 0 Å². The average molecular weight is 228 g/mol. The lowest BCUT2D eigenvalue weighted by molar-refractivity contribution is -0.115. The van der Waals surface area contributed by atoms with Crippen molar-refractivity contribution in [2.24, 2.45) is 0 Å². The van der Waals surface area contributed by atoms with Crippen molar-refractivity contribution in [3.8, 4) is 0 Å². The van der Waals surface area contributed by atoms with Crippen LogP contribution in [-0.2, 0) is 14.0 Å². The van der Waals surface area contributed by atoms with Crippen LogP contribution in [0, 0.1) is 0 Å². The molecule has 1 aliphatic heterocycles. The summed E-state index contributed by atoms with van der Waals surface area (Å²) >= 11 is 0. The van der Waals surface area contributed by atoms with Crippen LogP contribution in [0.5, 0.6) is 0 Å². The van der Waals surface area contributed by atoms with E-state index >= 15 is 0 Å². The topological polar surface area (TPSA) is 35.5 Å². The van der Waals surface area contributed by atoms with Gasteiger partial charge in [0.1, 0.15) is 5.76 Å². The summed E-state index contributed by atoms with van der Waals surface area (Å²) in [6.45, 7) is 11.5. The van der Waals surface area contributed by atoms with E-state index in [1.165, 1.54) is 6.08 Å². The zero-order valence-electron chi connectivity index (χ0n) is 10.2. The van der Waals surface area contributed by atoms with Gasteiger partial charge in [0.15, 0.2) is 20.7 Å². The van der Waals surface area contributed by atoms with Crippen molar-refractivity contribution in [3.05, 3.63) is 11.8 Å². The molecule has 1 rings (SSSR count). The normalized spacial score (nSPS) is 17.7. The van der Waals surface area contributed by atoms with Crippen LogP contribution in [0.3, 0.4) is 0 Å². The molecule has 0 aromatic heterocycles. The van der Waals surface area contributed by atoms with E-state index in [0.29, 0.717) is 12.4 Å². The van der Waals surface area contributed by atoms with E-state index in [2.05, 4.69) is 33.9 Å². The number of hydrogen-bond acceptors (Lipinski definition) is 3. The molecule has 3 nitrogen and oxygen atoms in total. The van der Waals surface area contributed by atoms with Crippen molar-refractivity contribution in [1.29, 1.82) is 0 Å². The van der Waals surface area contributed by atoms with Crippen LogP contribution in [0.4, 0.5) is 0 Å². The Morgan fingerprint density at radius 2 is 2.07 bits per heavy atom. The van der Waals surface area contributed by atoms with E-state index in [-0.39, 0.29) is 17.4 Å². The van der Waals surface area contributed by atoms with Gasteiger partial charge in [0, 0.05) is 6.08 Å². The van der Waals surface area contributed by atoms with Crippen molar-refractivity contribution >= 4 is 14.1 Å². The molecule has 0 saturated carbocycles. The fourth-order valence-corrected chi connectivity index (χ4v) is 1.91. The Balaban J connectivity index is 2.50. The predicted molar refractivity (Wildman–Crippen MR) is 62.2 cm³/mol. The van der Waals surface area contributed by atoms with Gasteiger partial charge in [0.2, 0.25) is 0 Å². The molecule has 4 heteroatoms. The molecule has 1 aliphatic rings. The first-order valence-corrected chi connectivity index (χ1v) is 8.13. The van der Waals surface area contributed by atoms with Crippen LogP contribution in [0.1, 0.15) is 20.8 Å². The van der Waals surface area contributed by atoms with E-state index in [0.717, 1.165) is 0 Å². The molecule has 0 aliphatic carbocycles. The SMILES string of the molecule is CC(C)(C)[Si](C)(C)OCC1=CC(=O)CO1. The molecule has 0 bridgehead atoms. The third-order valence-corrected chi connectivity index (χ3v) is 7.58. The van der Waals surface area contributed by atoms with Crippen LogP contribution in [0.2, 0.25) is 18.1 Å². The summed E-state index contributed by atoms with van der Waals surface area (Å²) in [6, 6.07) is 0. The standard InChI is InChI=1S/C11H20O3Si/c1-11(2,3)15(4,5)14-8-10-6-9(12)7-13-10/h6H,7-8H2,1-5H3. The van der Waals surface area contributed by atoms with Crippen LogP contribution in [-0.4, -0.2) is 27.3 Å².